The number of halogens is 1. The maximum absolute atomic E-state index is 12.8. The molecule has 0 atom stereocenters. The quantitative estimate of drug-likeness (QED) is 0.691. The molecule has 20 heavy (non-hydrogen) atoms. The molecule has 0 aliphatic carbocycles. The Balaban J connectivity index is 0. The van der Waals surface area contributed by atoms with Crippen molar-refractivity contribution in [3.63, 3.8) is 0 Å². The Morgan fingerprint density at radius 2 is 1.70 bits per heavy atom. The molecule has 0 saturated heterocycles. The van der Waals surface area contributed by atoms with Gasteiger partial charge in [0.15, 0.2) is 0 Å². The van der Waals surface area contributed by atoms with Crippen molar-refractivity contribution < 1.29 is 9.18 Å². The van der Waals surface area contributed by atoms with E-state index in [1.807, 2.05) is 19.9 Å². The van der Waals surface area contributed by atoms with Gasteiger partial charge in [0.25, 0.3) is 0 Å². The average Bonchev–Trinajstić information content (AvgIpc) is 2.32. The van der Waals surface area contributed by atoms with Gasteiger partial charge >= 0.3 is 0 Å². The van der Waals surface area contributed by atoms with Crippen LogP contribution in [0.4, 0.5) is 4.39 Å². The molecule has 0 aliphatic heterocycles. The highest BCUT2D eigenvalue weighted by Gasteiger charge is 1.97. The summed E-state index contributed by atoms with van der Waals surface area (Å²) in [4.78, 5) is 9.44. The molecule has 0 fully saturated rings. The monoisotopic (exact) mass is 282 g/mol. The Hall–Kier alpha value is -1.18. The molecule has 0 aromatic heterocycles. The standard InChI is InChI=1S/C9H11F.C6H14.C3H6O/c1-3-8-6-7(2)4-5-9(8)10;1-4-5-6(2)3;1-3(2)4/h4-6H,3H2,1-2H3;6H,4-5H2,1-3H3;1-2H3. The number of hydrogen-bond acceptors (Lipinski definition) is 1. The fourth-order valence-electron chi connectivity index (χ4n) is 1.55. The third-order valence-electron chi connectivity index (χ3n) is 2.45. The summed E-state index contributed by atoms with van der Waals surface area (Å²) in [5.74, 6) is 0.975. The zero-order valence-corrected chi connectivity index (χ0v) is 14.2. The predicted molar refractivity (Wildman–Crippen MR) is 86.6 cm³/mol. The van der Waals surface area contributed by atoms with Crippen molar-refractivity contribution in [1.29, 1.82) is 0 Å². The summed E-state index contributed by atoms with van der Waals surface area (Å²) in [5.41, 5.74) is 1.93. The second-order valence-electron chi connectivity index (χ2n) is 5.54. The number of hydrogen-bond donors (Lipinski definition) is 0. The largest absolute Gasteiger partial charge is 0.300 e. The van der Waals surface area contributed by atoms with Crippen molar-refractivity contribution in [3.8, 4) is 0 Å². The highest BCUT2D eigenvalue weighted by atomic mass is 19.1. The fourth-order valence-corrected chi connectivity index (χ4v) is 1.55. The van der Waals surface area contributed by atoms with Gasteiger partial charge < -0.3 is 4.79 Å². The molecular formula is C18H31FO. The maximum Gasteiger partial charge on any atom is 0.126 e. The SMILES string of the molecule is CC(C)=O.CCCC(C)C.CCc1cc(C)ccc1F. The zero-order valence-electron chi connectivity index (χ0n) is 14.2. The molecule has 0 spiro atoms. The summed E-state index contributed by atoms with van der Waals surface area (Å²) >= 11 is 0. The van der Waals surface area contributed by atoms with E-state index in [2.05, 4.69) is 20.8 Å². The van der Waals surface area contributed by atoms with Crippen molar-refractivity contribution in [2.45, 2.75) is 67.7 Å². The topological polar surface area (TPSA) is 17.1 Å². The van der Waals surface area contributed by atoms with Crippen LogP contribution in [0.25, 0.3) is 0 Å². The first-order chi connectivity index (χ1) is 9.24. The van der Waals surface area contributed by atoms with Crippen molar-refractivity contribution in [1.82, 2.24) is 0 Å². The number of rotatable bonds is 3. The van der Waals surface area contributed by atoms with E-state index < -0.39 is 0 Å². The summed E-state index contributed by atoms with van der Waals surface area (Å²) in [7, 11) is 0. The first kappa shape index (κ1) is 21.1. The lowest BCUT2D eigenvalue weighted by molar-refractivity contribution is -0.114. The van der Waals surface area contributed by atoms with Gasteiger partial charge in [0.05, 0.1) is 0 Å². The number of benzene rings is 1. The molecule has 1 aromatic rings. The molecule has 1 rings (SSSR count). The lowest BCUT2D eigenvalue weighted by Crippen LogP contribution is -1.87. The maximum atomic E-state index is 12.8. The summed E-state index contributed by atoms with van der Waals surface area (Å²) in [6.45, 7) is 13.7. The Morgan fingerprint density at radius 3 is 1.95 bits per heavy atom. The second kappa shape index (κ2) is 12.8. The van der Waals surface area contributed by atoms with E-state index in [-0.39, 0.29) is 11.6 Å². The Kier molecular flexibility index (Phi) is 13.6. The van der Waals surface area contributed by atoms with Crippen LogP contribution in [0, 0.1) is 18.7 Å². The van der Waals surface area contributed by atoms with Gasteiger partial charge in [-0.1, -0.05) is 58.2 Å². The van der Waals surface area contributed by atoms with E-state index in [1.165, 1.54) is 32.8 Å². The smallest absolute Gasteiger partial charge is 0.126 e. The van der Waals surface area contributed by atoms with Crippen LogP contribution >= 0.6 is 0 Å². The molecule has 0 unspecified atom stereocenters. The summed E-state index contributed by atoms with van der Waals surface area (Å²) in [6.07, 6.45) is 3.48. The molecule has 0 amide bonds. The van der Waals surface area contributed by atoms with Gasteiger partial charge in [0.2, 0.25) is 0 Å². The molecular weight excluding hydrogens is 251 g/mol. The van der Waals surface area contributed by atoms with Crippen LogP contribution < -0.4 is 0 Å². The first-order valence-electron chi connectivity index (χ1n) is 7.46. The third kappa shape index (κ3) is 14.9. The molecule has 0 N–H and O–H groups in total. The van der Waals surface area contributed by atoms with E-state index in [0.717, 1.165) is 23.5 Å². The molecule has 0 bridgehead atoms. The highest BCUT2D eigenvalue weighted by Crippen LogP contribution is 2.09. The van der Waals surface area contributed by atoms with E-state index in [0.29, 0.717) is 0 Å². The average molecular weight is 282 g/mol. The number of Topliss-reactive ketones (excluding diaryl/α,β-unsaturated/α-hetero) is 1. The molecule has 0 saturated carbocycles. The normalized spacial score (nSPS) is 9.25. The lowest BCUT2D eigenvalue weighted by Gasteiger charge is -1.99. The minimum Gasteiger partial charge on any atom is -0.300 e. The van der Waals surface area contributed by atoms with Crippen LogP contribution in [0.2, 0.25) is 0 Å². The van der Waals surface area contributed by atoms with Gasteiger partial charge in [-0.05, 0) is 44.7 Å². The van der Waals surface area contributed by atoms with Crippen LogP contribution in [0.3, 0.4) is 0 Å². The van der Waals surface area contributed by atoms with Gasteiger partial charge in [0.1, 0.15) is 11.6 Å². The van der Waals surface area contributed by atoms with Crippen molar-refractivity contribution in [2.24, 2.45) is 5.92 Å². The third-order valence-corrected chi connectivity index (χ3v) is 2.45. The van der Waals surface area contributed by atoms with E-state index in [1.54, 1.807) is 6.07 Å². The molecule has 2 heteroatoms. The fraction of sp³-hybridized carbons (Fsp3) is 0.611. The van der Waals surface area contributed by atoms with Crippen molar-refractivity contribution in [3.05, 3.63) is 35.1 Å². The van der Waals surface area contributed by atoms with Crippen LogP contribution in [-0.4, -0.2) is 5.78 Å². The van der Waals surface area contributed by atoms with Gasteiger partial charge in [0, 0.05) is 0 Å². The van der Waals surface area contributed by atoms with Gasteiger partial charge in [-0.15, -0.1) is 0 Å². The number of carbonyl (C=O) groups is 1. The molecule has 1 nitrogen and oxygen atoms in total. The van der Waals surface area contributed by atoms with E-state index in [9.17, 15) is 9.18 Å². The molecule has 0 radical (unpaired) electrons. The minimum atomic E-state index is -0.0897. The molecule has 116 valence electrons. The number of ketones is 1. The minimum absolute atomic E-state index is 0.0897. The predicted octanol–water partition coefficient (Wildman–Crippen LogP) is 5.73. The first-order valence-corrected chi connectivity index (χ1v) is 7.46. The van der Waals surface area contributed by atoms with Crippen LogP contribution in [0.15, 0.2) is 18.2 Å². The highest BCUT2D eigenvalue weighted by molar-refractivity contribution is 5.72. The van der Waals surface area contributed by atoms with Crippen LogP contribution in [0.5, 0.6) is 0 Å². The second-order valence-corrected chi connectivity index (χ2v) is 5.54. The molecule has 1 aromatic carbocycles. The van der Waals surface area contributed by atoms with E-state index in [4.69, 9.17) is 0 Å². The summed E-state index contributed by atoms with van der Waals surface area (Å²) in [6, 6.07) is 5.19. The van der Waals surface area contributed by atoms with Crippen LogP contribution in [0.1, 0.15) is 65.5 Å². The van der Waals surface area contributed by atoms with Crippen molar-refractivity contribution in [2.75, 3.05) is 0 Å². The number of aryl methyl sites for hydroxylation is 2. The number of carbonyl (C=O) groups excluding carboxylic acids is 1. The molecule has 0 aliphatic rings. The van der Waals surface area contributed by atoms with Gasteiger partial charge in [-0.25, -0.2) is 4.39 Å². The lowest BCUT2D eigenvalue weighted by atomic mass is 10.1. The summed E-state index contributed by atoms with van der Waals surface area (Å²) in [5, 5.41) is 0. The Labute approximate surface area is 124 Å². The van der Waals surface area contributed by atoms with Crippen LogP contribution in [-0.2, 0) is 11.2 Å². The van der Waals surface area contributed by atoms with Gasteiger partial charge in [-0.2, -0.15) is 0 Å². The zero-order chi connectivity index (χ0) is 16.1. The summed E-state index contributed by atoms with van der Waals surface area (Å²) < 4.78 is 12.8. The Bertz CT molecular complexity index is 366. The molecule has 0 heterocycles. The van der Waals surface area contributed by atoms with Crippen molar-refractivity contribution >= 4 is 5.78 Å². The van der Waals surface area contributed by atoms with Gasteiger partial charge in [-0.3, -0.25) is 0 Å². The Morgan fingerprint density at radius 1 is 1.20 bits per heavy atom. The van der Waals surface area contributed by atoms with E-state index >= 15 is 0 Å².